The van der Waals surface area contributed by atoms with Crippen molar-refractivity contribution in [3.05, 3.63) is 94.0 Å². The van der Waals surface area contributed by atoms with E-state index in [0.717, 1.165) is 29.8 Å². The summed E-state index contributed by atoms with van der Waals surface area (Å²) in [5.74, 6) is -2.32. The van der Waals surface area contributed by atoms with Gasteiger partial charge < -0.3 is 5.32 Å². The molecule has 0 fully saturated rings. The molecule has 0 radical (unpaired) electrons. The number of hydrogen-bond acceptors (Lipinski definition) is 3. The summed E-state index contributed by atoms with van der Waals surface area (Å²) in [5, 5.41) is 2.95. The molecule has 5 nitrogen and oxygen atoms in total. The van der Waals surface area contributed by atoms with Crippen LogP contribution in [0.5, 0.6) is 0 Å². The first-order chi connectivity index (χ1) is 14.7. The number of nitrogens with one attached hydrogen (secondary N) is 2. The van der Waals surface area contributed by atoms with Crippen LogP contribution in [0.15, 0.2) is 65.6 Å². The minimum atomic E-state index is -3.98. The first-order valence-electron chi connectivity index (χ1n) is 9.27. The first-order valence-corrected chi connectivity index (χ1v) is 11.1. The Kier molecular flexibility index (Phi) is 7.04. The van der Waals surface area contributed by atoms with Crippen molar-refractivity contribution >= 4 is 33.2 Å². The van der Waals surface area contributed by atoms with Crippen molar-refractivity contribution in [2.24, 2.45) is 0 Å². The fourth-order valence-corrected chi connectivity index (χ4v) is 3.96. The van der Waals surface area contributed by atoms with Crippen LogP contribution in [0.25, 0.3) is 0 Å². The van der Waals surface area contributed by atoms with Gasteiger partial charge in [0.1, 0.15) is 11.6 Å². The molecule has 0 heterocycles. The monoisotopic (exact) mass is 464 g/mol. The molecular weight excluding hydrogens is 446 g/mol. The Balaban J connectivity index is 1.72. The van der Waals surface area contributed by atoms with Crippen molar-refractivity contribution < 1.29 is 22.0 Å². The second-order valence-corrected chi connectivity index (χ2v) is 9.04. The Morgan fingerprint density at radius 1 is 0.968 bits per heavy atom. The lowest BCUT2D eigenvalue weighted by Crippen LogP contribution is -2.26. The summed E-state index contributed by atoms with van der Waals surface area (Å²) in [6.45, 7) is 1.67. The summed E-state index contributed by atoms with van der Waals surface area (Å²) in [6.07, 6.45) is 0.421. The maximum absolute atomic E-state index is 14.2. The zero-order valence-corrected chi connectivity index (χ0v) is 18.0. The minimum absolute atomic E-state index is 0.103. The van der Waals surface area contributed by atoms with E-state index in [2.05, 4.69) is 10.0 Å². The summed E-state index contributed by atoms with van der Waals surface area (Å²) in [7, 11) is -3.98. The third-order valence-electron chi connectivity index (χ3n) is 4.54. The van der Waals surface area contributed by atoms with Gasteiger partial charge in [0.15, 0.2) is 0 Å². The highest BCUT2D eigenvalue weighted by atomic mass is 35.5. The van der Waals surface area contributed by atoms with Crippen LogP contribution in [0, 0.1) is 18.6 Å². The number of carbonyl (C=O) groups is 1. The van der Waals surface area contributed by atoms with E-state index in [1.54, 1.807) is 31.2 Å². The van der Waals surface area contributed by atoms with Gasteiger partial charge in [0.2, 0.25) is 10.0 Å². The molecule has 3 aromatic rings. The topological polar surface area (TPSA) is 75.3 Å². The van der Waals surface area contributed by atoms with Crippen molar-refractivity contribution in [1.29, 1.82) is 0 Å². The molecule has 2 N–H and O–H groups in total. The number of hydrogen-bond donors (Lipinski definition) is 2. The molecule has 0 spiro atoms. The molecule has 0 saturated heterocycles. The highest BCUT2D eigenvalue weighted by Crippen LogP contribution is 2.19. The Morgan fingerprint density at radius 3 is 2.35 bits per heavy atom. The van der Waals surface area contributed by atoms with Gasteiger partial charge in [-0.05, 0) is 66.9 Å². The van der Waals surface area contributed by atoms with Crippen LogP contribution in [0.2, 0.25) is 5.02 Å². The van der Waals surface area contributed by atoms with Crippen LogP contribution in [-0.4, -0.2) is 20.9 Å². The van der Waals surface area contributed by atoms with Crippen LogP contribution >= 0.6 is 11.6 Å². The molecule has 31 heavy (non-hydrogen) atoms. The van der Waals surface area contributed by atoms with Gasteiger partial charge in [-0.25, -0.2) is 21.9 Å². The Hall–Kier alpha value is -2.81. The van der Waals surface area contributed by atoms with E-state index in [1.807, 2.05) is 0 Å². The Labute approximate surface area is 184 Å². The van der Waals surface area contributed by atoms with Gasteiger partial charge in [-0.15, -0.1) is 0 Å². The number of amides is 1. The maximum atomic E-state index is 14.2. The van der Waals surface area contributed by atoms with E-state index in [-0.39, 0.29) is 17.1 Å². The molecule has 0 aliphatic rings. The molecular formula is C22H19ClF2N2O3S. The molecule has 162 valence electrons. The number of anilines is 1. The van der Waals surface area contributed by atoms with Crippen molar-refractivity contribution in [3.63, 3.8) is 0 Å². The lowest BCUT2D eigenvalue weighted by atomic mass is 10.1. The van der Waals surface area contributed by atoms with Crippen molar-refractivity contribution in [1.82, 2.24) is 4.72 Å². The Bertz CT molecular complexity index is 1220. The van der Waals surface area contributed by atoms with E-state index < -0.39 is 33.1 Å². The molecule has 9 heteroatoms. The van der Waals surface area contributed by atoms with Crippen LogP contribution in [0.4, 0.5) is 14.5 Å². The van der Waals surface area contributed by atoms with Crippen molar-refractivity contribution in [3.8, 4) is 0 Å². The summed E-state index contributed by atoms with van der Waals surface area (Å²) < 4.78 is 55.4. The third-order valence-corrected chi connectivity index (χ3v) is 6.25. The van der Waals surface area contributed by atoms with E-state index in [1.165, 1.54) is 12.1 Å². The summed E-state index contributed by atoms with van der Waals surface area (Å²) >= 11 is 5.82. The number of benzene rings is 3. The lowest BCUT2D eigenvalue weighted by Gasteiger charge is -2.10. The third kappa shape index (κ3) is 5.88. The predicted molar refractivity (Wildman–Crippen MR) is 116 cm³/mol. The quantitative estimate of drug-likeness (QED) is 0.532. The first kappa shape index (κ1) is 22.9. The number of aryl methyl sites for hydroxylation is 1. The molecule has 0 bridgehead atoms. The van der Waals surface area contributed by atoms with Crippen LogP contribution < -0.4 is 10.0 Å². The average Bonchev–Trinajstić information content (AvgIpc) is 2.72. The van der Waals surface area contributed by atoms with Gasteiger partial charge in [0, 0.05) is 17.3 Å². The highest BCUT2D eigenvalue weighted by molar-refractivity contribution is 7.89. The van der Waals surface area contributed by atoms with Crippen LogP contribution in [-0.2, 0) is 16.4 Å². The number of halogens is 3. The van der Waals surface area contributed by atoms with Gasteiger partial charge in [-0.3, -0.25) is 4.79 Å². The van der Waals surface area contributed by atoms with Crippen LogP contribution in [0.3, 0.4) is 0 Å². The molecule has 0 saturated carbocycles. The average molecular weight is 465 g/mol. The molecule has 1 amide bonds. The second kappa shape index (κ2) is 9.55. The number of rotatable bonds is 7. The minimum Gasteiger partial charge on any atom is -0.322 e. The summed E-state index contributed by atoms with van der Waals surface area (Å²) in [6, 6.07) is 13.9. The normalized spacial score (nSPS) is 11.4. The largest absolute Gasteiger partial charge is 0.322 e. The number of sulfonamides is 1. The zero-order chi connectivity index (χ0) is 22.6. The zero-order valence-electron chi connectivity index (χ0n) is 16.5. The fourth-order valence-electron chi connectivity index (χ4n) is 2.78. The molecule has 3 rings (SSSR count). The standard InChI is InChI=1S/C22H19ClF2N2O3S/c1-14-2-7-17(12-21(14)25)27-22(28)19-13-18(8-9-20(19)24)31(29,30)26-11-10-15-3-5-16(23)6-4-15/h2-9,12-13,26H,10-11H2,1H3,(H,27,28). The number of carbonyl (C=O) groups excluding carboxylic acids is 1. The van der Waals surface area contributed by atoms with E-state index in [4.69, 9.17) is 11.6 Å². The fraction of sp³-hybridized carbons (Fsp3) is 0.136. The molecule has 0 atom stereocenters. The van der Waals surface area contributed by atoms with Crippen molar-refractivity contribution in [2.45, 2.75) is 18.2 Å². The van der Waals surface area contributed by atoms with Gasteiger partial charge in [-0.1, -0.05) is 29.8 Å². The van der Waals surface area contributed by atoms with E-state index >= 15 is 0 Å². The van der Waals surface area contributed by atoms with Gasteiger partial charge in [0.25, 0.3) is 5.91 Å². The predicted octanol–water partition coefficient (Wildman–Crippen LogP) is 4.70. The van der Waals surface area contributed by atoms with Crippen molar-refractivity contribution in [2.75, 3.05) is 11.9 Å². The summed E-state index contributed by atoms with van der Waals surface area (Å²) in [5.41, 5.74) is 0.932. The van der Waals surface area contributed by atoms with Gasteiger partial charge >= 0.3 is 0 Å². The smallest absolute Gasteiger partial charge is 0.258 e. The SMILES string of the molecule is Cc1ccc(NC(=O)c2cc(S(=O)(=O)NCCc3ccc(Cl)cc3)ccc2F)cc1F. The lowest BCUT2D eigenvalue weighted by molar-refractivity contribution is 0.102. The highest BCUT2D eigenvalue weighted by Gasteiger charge is 2.19. The molecule has 0 aliphatic carbocycles. The van der Waals surface area contributed by atoms with E-state index in [9.17, 15) is 22.0 Å². The molecule has 0 unspecified atom stereocenters. The molecule has 3 aromatic carbocycles. The van der Waals surface area contributed by atoms with Crippen LogP contribution in [0.1, 0.15) is 21.5 Å². The maximum Gasteiger partial charge on any atom is 0.258 e. The van der Waals surface area contributed by atoms with Gasteiger partial charge in [-0.2, -0.15) is 0 Å². The molecule has 0 aromatic heterocycles. The second-order valence-electron chi connectivity index (χ2n) is 6.83. The Morgan fingerprint density at radius 2 is 1.68 bits per heavy atom. The molecule has 0 aliphatic heterocycles. The van der Waals surface area contributed by atoms with E-state index in [0.29, 0.717) is 17.0 Å². The summed E-state index contributed by atoms with van der Waals surface area (Å²) in [4.78, 5) is 12.2. The van der Waals surface area contributed by atoms with Gasteiger partial charge in [0.05, 0.1) is 10.5 Å².